The van der Waals surface area contributed by atoms with Crippen LogP contribution in [0.4, 0.5) is 22.7 Å². The maximum Gasteiger partial charge on any atom is 0.283 e. The lowest BCUT2D eigenvalue weighted by Gasteiger charge is -2.06. The van der Waals surface area contributed by atoms with Gasteiger partial charge in [-0.2, -0.15) is 0 Å². The summed E-state index contributed by atoms with van der Waals surface area (Å²) in [4.78, 5) is 27.5. The smallest absolute Gasteiger partial charge is 0.283 e. The normalized spacial score (nSPS) is 9.58. The van der Waals surface area contributed by atoms with E-state index < -0.39 is 37.6 Å². The summed E-state index contributed by atoms with van der Waals surface area (Å²) in [6.07, 6.45) is 0. The molecule has 0 aliphatic rings. The third-order valence-electron chi connectivity index (χ3n) is 2.60. The van der Waals surface area contributed by atoms with Crippen molar-refractivity contribution in [3.8, 4) is 5.75 Å². The van der Waals surface area contributed by atoms with Gasteiger partial charge in [0.2, 0.25) is 0 Å². The molecule has 0 radical (unpaired) electrons. The van der Waals surface area contributed by atoms with E-state index in [0.717, 1.165) is 5.69 Å². The molecule has 0 spiro atoms. The summed E-state index contributed by atoms with van der Waals surface area (Å²) >= 11 is 2.26. The molecule has 0 bridgehead atoms. The number of hydrogen-bond acceptors (Lipinski definition) is 7. The quantitative estimate of drug-likeness (QED) is 0.421. The monoisotopic (exact) mass is 448 g/mol. The van der Waals surface area contributed by atoms with Crippen molar-refractivity contribution in [2.45, 2.75) is 0 Å². The summed E-state index contributed by atoms with van der Waals surface area (Å²) in [5.41, 5.74) is 1.65. The number of rotatable bonds is 3. The molecule has 0 saturated heterocycles. The van der Waals surface area contributed by atoms with Gasteiger partial charge in [-0.1, -0.05) is 12.1 Å². The molecule has 24 heavy (non-hydrogen) atoms. The SMILES string of the molecule is O=[N+]([O-])c1cc([N+](=O)[O-])c([O-])c([N+](=O)[O-])c1.[NH3+]c1ccccc1I. The van der Waals surface area contributed by atoms with Crippen molar-refractivity contribution in [2.75, 3.05) is 0 Å². The lowest BCUT2D eigenvalue weighted by molar-refractivity contribution is -0.420. The zero-order valence-electron chi connectivity index (χ0n) is 11.7. The van der Waals surface area contributed by atoms with Crippen LogP contribution in [0.3, 0.4) is 0 Å². The fourth-order valence-corrected chi connectivity index (χ4v) is 1.85. The van der Waals surface area contributed by atoms with Crippen LogP contribution in [-0.4, -0.2) is 14.8 Å². The second-order valence-electron chi connectivity index (χ2n) is 4.18. The predicted octanol–water partition coefficient (Wildman–Crippen LogP) is 1.65. The molecule has 3 N–H and O–H groups in total. The molecule has 2 aromatic carbocycles. The van der Waals surface area contributed by atoms with Crippen molar-refractivity contribution in [2.24, 2.45) is 0 Å². The molecule has 0 atom stereocenters. The highest BCUT2D eigenvalue weighted by Gasteiger charge is 2.24. The Bertz CT molecular complexity index is 756. The van der Waals surface area contributed by atoms with Gasteiger partial charge in [0, 0.05) is 6.07 Å². The predicted molar refractivity (Wildman–Crippen MR) is 87.6 cm³/mol. The first-order chi connectivity index (χ1) is 11.1. The van der Waals surface area contributed by atoms with Gasteiger partial charge in [0.25, 0.3) is 17.1 Å². The molecule has 0 fully saturated rings. The molecule has 0 saturated carbocycles. The van der Waals surface area contributed by atoms with Crippen LogP contribution in [0.1, 0.15) is 0 Å². The summed E-state index contributed by atoms with van der Waals surface area (Å²) in [7, 11) is 0. The van der Waals surface area contributed by atoms with Gasteiger partial charge in [-0.05, 0) is 28.7 Å². The Labute approximate surface area is 147 Å². The number of nitro groups is 3. The van der Waals surface area contributed by atoms with Crippen LogP contribution in [0.15, 0.2) is 36.4 Å². The molecule has 12 heteroatoms. The highest BCUT2D eigenvalue weighted by atomic mass is 127. The molecule has 0 aliphatic heterocycles. The van der Waals surface area contributed by atoms with Gasteiger partial charge in [0.05, 0.1) is 36.2 Å². The maximum absolute atomic E-state index is 11.1. The number of halogens is 1. The first-order valence-electron chi connectivity index (χ1n) is 5.99. The lowest BCUT2D eigenvalue weighted by atomic mass is 10.2. The minimum Gasteiger partial charge on any atom is -0.863 e. The van der Waals surface area contributed by atoms with Crippen molar-refractivity contribution in [3.63, 3.8) is 0 Å². The highest BCUT2D eigenvalue weighted by Crippen LogP contribution is 2.36. The van der Waals surface area contributed by atoms with Gasteiger partial charge in [-0.25, -0.2) is 0 Å². The third-order valence-corrected chi connectivity index (χ3v) is 3.65. The zero-order valence-corrected chi connectivity index (χ0v) is 13.9. The van der Waals surface area contributed by atoms with Crippen LogP contribution in [0.5, 0.6) is 5.75 Å². The van der Waals surface area contributed by atoms with Gasteiger partial charge in [-0.15, -0.1) is 0 Å². The van der Waals surface area contributed by atoms with E-state index in [0.29, 0.717) is 12.1 Å². The largest absolute Gasteiger partial charge is 0.863 e. The summed E-state index contributed by atoms with van der Waals surface area (Å²) in [5, 5.41) is 42.1. The molecule has 0 amide bonds. The molecular formula is C12H9IN4O7. The lowest BCUT2D eigenvalue weighted by Crippen LogP contribution is -2.41. The van der Waals surface area contributed by atoms with E-state index in [1.54, 1.807) is 0 Å². The number of nitro benzene ring substituents is 3. The number of quaternary nitrogens is 1. The fourth-order valence-electron chi connectivity index (χ4n) is 1.46. The Balaban J connectivity index is 0.000000300. The zero-order chi connectivity index (χ0) is 18.4. The molecule has 11 nitrogen and oxygen atoms in total. The first kappa shape index (κ1) is 19.2. The van der Waals surface area contributed by atoms with Crippen LogP contribution in [0, 0.1) is 33.9 Å². The standard InChI is InChI=1S/C6H6IN.C6H3N3O7/c7-5-3-1-2-4-6(5)8;10-6-4(8(13)14)1-3(7(11)12)2-5(6)9(15)16/h1-4H,8H2;1-2,10H. The molecule has 126 valence electrons. The maximum atomic E-state index is 11.1. The average Bonchev–Trinajstić information content (AvgIpc) is 2.50. The fraction of sp³-hybridized carbons (Fsp3) is 0. The van der Waals surface area contributed by atoms with Crippen molar-refractivity contribution in [1.29, 1.82) is 0 Å². The van der Waals surface area contributed by atoms with Gasteiger partial charge in [0.15, 0.2) is 0 Å². The van der Waals surface area contributed by atoms with Gasteiger partial charge < -0.3 is 10.8 Å². The van der Waals surface area contributed by atoms with Crippen molar-refractivity contribution < 1.29 is 25.6 Å². The van der Waals surface area contributed by atoms with E-state index in [9.17, 15) is 35.4 Å². The number of hydrogen-bond donors (Lipinski definition) is 1. The number of nitrogens with zero attached hydrogens (tertiary/aromatic N) is 3. The Hall–Kier alpha value is -2.87. The van der Waals surface area contributed by atoms with Crippen molar-refractivity contribution in [1.82, 2.24) is 0 Å². The molecule has 0 heterocycles. The molecule has 0 unspecified atom stereocenters. The molecular weight excluding hydrogens is 439 g/mol. The summed E-state index contributed by atoms with van der Waals surface area (Å²) in [5.74, 6) is -1.46. The van der Waals surface area contributed by atoms with Crippen LogP contribution in [-0.2, 0) is 0 Å². The van der Waals surface area contributed by atoms with Crippen molar-refractivity contribution >= 4 is 45.3 Å². The van der Waals surface area contributed by atoms with E-state index in [-0.39, 0.29) is 0 Å². The van der Waals surface area contributed by atoms with Crippen molar-refractivity contribution in [3.05, 3.63) is 70.3 Å². The van der Waals surface area contributed by atoms with E-state index in [1.165, 1.54) is 3.57 Å². The Morgan fingerprint density at radius 2 is 1.33 bits per heavy atom. The van der Waals surface area contributed by atoms with Crippen LogP contribution in [0.25, 0.3) is 0 Å². The Morgan fingerprint density at radius 1 is 0.875 bits per heavy atom. The summed E-state index contributed by atoms with van der Waals surface area (Å²) < 4.78 is 1.23. The molecule has 2 rings (SSSR count). The highest BCUT2D eigenvalue weighted by molar-refractivity contribution is 14.1. The average molecular weight is 448 g/mol. The topological polar surface area (TPSA) is 180 Å². The van der Waals surface area contributed by atoms with E-state index in [4.69, 9.17) is 0 Å². The van der Waals surface area contributed by atoms with Crippen LogP contribution >= 0.6 is 22.6 Å². The van der Waals surface area contributed by atoms with Gasteiger partial charge in [0.1, 0.15) is 5.69 Å². The molecule has 0 aromatic heterocycles. The van der Waals surface area contributed by atoms with Crippen LogP contribution < -0.4 is 10.8 Å². The third kappa shape index (κ3) is 4.82. The first-order valence-corrected chi connectivity index (χ1v) is 7.07. The van der Waals surface area contributed by atoms with E-state index in [1.807, 2.05) is 24.3 Å². The van der Waals surface area contributed by atoms with Gasteiger partial charge >= 0.3 is 0 Å². The Kier molecular flexibility index (Phi) is 6.48. The summed E-state index contributed by atoms with van der Waals surface area (Å²) in [6, 6.07) is 8.82. The number of benzene rings is 2. The minimum atomic E-state index is -1.46. The van der Waals surface area contributed by atoms with E-state index in [2.05, 4.69) is 28.3 Å². The second kappa shape index (κ2) is 8.11. The van der Waals surface area contributed by atoms with Gasteiger partial charge in [-0.3, -0.25) is 30.3 Å². The second-order valence-corrected chi connectivity index (χ2v) is 5.34. The van der Waals surface area contributed by atoms with Crippen LogP contribution in [0.2, 0.25) is 0 Å². The Morgan fingerprint density at radius 3 is 1.62 bits per heavy atom. The summed E-state index contributed by atoms with van der Waals surface area (Å²) in [6.45, 7) is 0. The molecule has 2 aromatic rings. The van der Waals surface area contributed by atoms with E-state index >= 15 is 0 Å². The number of non-ortho nitro benzene ring substituents is 1. The minimum absolute atomic E-state index is 0.384. The molecule has 0 aliphatic carbocycles.